The lowest BCUT2D eigenvalue weighted by atomic mass is 9.85. The van der Waals surface area contributed by atoms with Crippen LogP contribution in [0.3, 0.4) is 0 Å². The molecule has 0 atom stereocenters. The van der Waals surface area contributed by atoms with Crippen molar-refractivity contribution in [2.24, 2.45) is 0 Å². The lowest BCUT2D eigenvalue weighted by Crippen LogP contribution is -1.99. The van der Waals surface area contributed by atoms with E-state index in [2.05, 4.69) is 163 Å². The van der Waals surface area contributed by atoms with Crippen molar-refractivity contribution in [2.75, 3.05) is 0 Å². The van der Waals surface area contributed by atoms with Crippen LogP contribution < -0.4 is 0 Å². The zero-order chi connectivity index (χ0) is 33.2. The molecule has 10 aromatic rings. The molecule has 0 radical (unpaired) electrons. The molecule has 236 valence electrons. The molecular weight excluding hydrogens is 609 g/mol. The van der Waals surface area contributed by atoms with E-state index >= 15 is 0 Å². The van der Waals surface area contributed by atoms with Crippen molar-refractivity contribution in [3.63, 3.8) is 0 Å². The summed E-state index contributed by atoms with van der Waals surface area (Å²) >= 11 is 0. The van der Waals surface area contributed by atoms with Crippen LogP contribution in [0.4, 0.5) is 0 Å². The number of rotatable bonds is 5. The number of aryl methyl sites for hydroxylation is 1. The maximum atomic E-state index is 6.18. The molecule has 0 spiro atoms. The Morgan fingerprint density at radius 1 is 0.460 bits per heavy atom. The van der Waals surface area contributed by atoms with Gasteiger partial charge in [-0.15, -0.1) is 0 Å². The average molecular weight is 641 g/mol. The summed E-state index contributed by atoms with van der Waals surface area (Å²) in [6, 6.07) is 58.9. The zero-order valence-electron chi connectivity index (χ0n) is 27.6. The predicted molar refractivity (Wildman–Crippen MR) is 209 cm³/mol. The van der Waals surface area contributed by atoms with Gasteiger partial charge < -0.3 is 4.42 Å². The van der Waals surface area contributed by atoms with Gasteiger partial charge in [-0.05, 0) is 97.4 Å². The van der Waals surface area contributed by atoms with Crippen LogP contribution in [-0.2, 0) is 6.42 Å². The lowest BCUT2D eigenvalue weighted by Gasteiger charge is -2.18. The third kappa shape index (κ3) is 4.40. The number of nitrogens with zero attached hydrogens (tertiary/aromatic N) is 2. The van der Waals surface area contributed by atoms with E-state index in [0.717, 1.165) is 50.9 Å². The van der Waals surface area contributed by atoms with Gasteiger partial charge in [0, 0.05) is 22.9 Å². The van der Waals surface area contributed by atoms with E-state index in [9.17, 15) is 0 Å². The number of para-hydroxylation sites is 3. The Morgan fingerprint density at radius 2 is 0.960 bits per heavy atom. The van der Waals surface area contributed by atoms with Gasteiger partial charge >= 0.3 is 0 Å². The van der Waals surface area contributed by atoms with E-state index in [1.807, 2.05) is 12.1 Å². The molecule has 0 aliphatic rings. The Hall–Kier alpha value is -6.45. The van der Waals surface area contributed by atoms with Crippen molar-refractivity contribution < 1.29 is 4.42 Å². The molecule has 0 bridgehead atoms. The molecule has 0 aliphatic heterocycles. The number of benzene rings is 8. The van der Waals surface area contributed by atoms with E-state index in [4.69, 9.17) is 9.40 Å². The molecule has 0 aliphatic carbocycles. The van der Waals surface area contributed by atoms with E-state index in [1.165, 1.54) is 54.9 Å². The summed E-state index contributed by atoms with van der Waals surface area (Å²) in [5.74, 6) is 1.07. The SMILES string of the molecule is CCc1nc2ccccc2n1-c1ccc(-c2ccc(-c3c4ccccc4c(-c4ccc5oc6ccccc6c5c4)c4ccccc34)cc2)cc1. The van der Waals surface area contributed by atoms with Crippen molar-refractivity contribution in [1.29, 1.82) is 0 Å². The fourth-order valence-corrected chi connectivity index (χ4v) is 7.87. The van der Waals surface area contributed by atoms with Crippen LogP contribution in [0.5, 0.6) is 0 Å². The molecule has 3 heteroatoms. The standard InChI is InChI=1S/C47H32N2O/c1-2-45-48-41-16-8-9-17-42(41)49(45)34-26-23-31(24-27-34)30-19-21-32(22-20-30)46-36-12-3-5-14-38(36)47(39-15-6-4-13-37(39)46)33-25-28-44-40(29-33)35-11-7-10-18-43(35)50-44/h3-29H,2H2,1H3. The fraction of sp³-hybridized carbons (Fsp3) is 0.0426. The van der Waals surface area contributed by atoms with Crippen LogP contribution in [0, 0.1) is 0 Å². The molecule has 0 saturated carbocycles. The minimum absolute atomic E-state index is 0.874. The van der Waals surface area contributed by atoms with Gasteiger partial charge in [0.2, 0.25) is 0 Å². The number of furan rings is 1. The third-order valence-corrected chi connectivity index (χ3v) is 10.2. The van der Waals surface area contributed by atoms with E-state index in [0.29, 0.717) is 0 Å². The van der Waals surface area contributed by atoms with Crippen LogP contribution in [0.1, 0.15) is 12.7 Å². The van der Waals surface area contributed by atoms with Crippen LogP contribution in [0.15, 0.2) is 168 Å². The summed E-state index contributed by atoms with van der Waals surface area (Å²) in [4.78, 5) is 4.87. The molecule has 3 nitrogen and oxygen atoms in total. The van der Waals surface area contributed by atoms with Gasteiger partial charge in [0.25, 0.3) is 0 Å². The number of hydrogen-bond acceptors (Lipinski definition) is 2. The van der Waals surface area contributed by atoms with E-state index in [1.54, 1.807) is 0 Å². The van der Waals surface area contributed by atoms with Crippen molar-refractivity contribution >= 4 is 54.5 Å². The zero-order valence-corrected chi connectivity index (χ0v) is 27.6. The van der Waals surface area contributed by atoms with Crippen LogP contribution in [0.25, 0.3) is 93.6 Å². The largest absolute Gasteiger partial charge is 0.456 e. The highest BCUT2D eigenvalue weighted by atomic mass is 16.3. The summed E-state index contributed by atoms with van der Waals surface area (Å²) in [7, 11) is 0. The van der Waals surface area contributed by atoms with Crippen LogP contribution in [-0.4, -0.2) is 9.55 Å². The lowest BCUT2D eigenvalue weighted by molar-refractivity contribution is 0.669. The maximum Gasteiger partial charge on any atom is 0.135 e. The number of hydrogen-bond donors (Lipinski definition) is 0. The highest BCUT2D eigenvalue weighted by molar-refractivity contribution is 6.22. The minimum Gasteiger partial charge on any atom is -0.456 e. The Kier molecular flexibility index (Phi) is 6.47. The molecule has 0 unspecified atom stereocenters. The molecule has 0 saturated heterocycles. The monoisotopic (exact) mass is 640 g/mol. The number of fused-ring (bicyclic) bond motifs is 6. The highest BCUT2D eigenvalue weighted by Crippen LogP contribution is 2.45. The highest BCUT2D eigenvalue weighted by Gasteiger charge is 2.18. The van der Waals surface area contributed by atoms with Gasteiger partial charge in [-0.1, -0.05) is 128 Å². The molecule has 2 heterocycles. The maximum absolute atomic E-state index is 6.18. The summed E-state index contributed by atoms with van der Waals surface area (Å²) < 4.78 is 8.46. The molecule has 0 fully saturated rings. The molecule has 0 amide bonds. The minimum atomic E-state index is 0.874. The van der Waals surface area contributed by atoms with Gasteiger partial charge in [-0.3, -0.25) is 4.57 Å². The molecule has 10 rings (SSSR count). The Bertz CT molecular complexity index is 2830. The Balaban J connectivity index is 1.08. The molecule has 8 aromatic carbocycles. The molecule has 2 aromatic heterocycles. The average Bonchev–Trinajstić information content (AvgIpc) is 3.75. The first-order chi connectivity index (χ1) is 24.7. The van der Waals surface area contributed by atoms with Crippen molar-refractivity contribution in [2.45, 2.75) is 13.3 Å². The van der Waals surface area contributed by atoms with Gasteiger partial charge in [-0.2, -0.15) is 0 Å². The second-order valence-corrected chi connectivity index (χ2v) is 13.0. The van der Waals surface area contributed by atoms with Crippen molar-refractivity contribution in [3.8, 4) is 39.1 Å². The fourth-order valence-electron chi connectivity index (χ4n) is 7.87. The summed E-state index contributed by atoms with van der Waals surface area (Å²) in [5.41, 5.74) is 12.4. The van der Waals surface area contributed by atoms with Crippen molar-refractivity contribution in [3.05, 3.63) is 170 Å². The van der Waals surface area contributed by atoms with Crippen LogP contribution >= 0.6 is 0 Å². The van der Waals surface area contributed by atoms with Crippen molar-refractivity contribution in [1.82, 2.24) is 9.55 Å². The Morgan fingerprint density at radius 3 is 1.62 bits per heavy atom. The first-order valence-electron chi connectivity index (χ1n) is 17.3. The molecular formula is C47H32N2O. The van der Waals surface area contributed by atoms with Gasteiger partial charge in [0.05, 0.1) is 11.0 Å². The smallest absolute Gasteiger partial charge is 0.135 e. The van der Waals surface area contributed by atoms with E-state index < -0.39 is 0 Å². The topological polar surface area (TPSA) is 31.0 Å². The second-order valence-electron chi connectivity index (χ2n) is 13.0. The summed E-state index contributed by atoms with van der Waals surface area (Å²) in [5, 5.41) is 7.26. The van der Waals surface area contributed by atoms with Gasteiger partial charge in [0.15, 0.2) is 0 Å². The normalized spacial score (nSPS) is 11.8. The summed E-state index contributed by atoms with van der Waals surface area (Å²) in [6.45, 7) is 2.16. The predicted octanol–water partition coefficient (Wildman–Crippen LogP) is 12.8. The Labute approximate surface area is 289 Å². The number of imidazole rings is 1. The molecule has 0 N–H and O–H groups in total. The first kappa shape index (κ1) is 28.6. The summed E-state index contributed by atoms with van der Waals surface area (Å²) in [6.07, 6.45) is 0.874. The van der Waals surface area contributed by atoms with Crippen LogP contribution in [0.2, 0.25) is 0 Å². The second kappa shape index (κ2) is 11.3. The van der Waals surface area contributed by atoms with Gasteiger partial charge in [0.1, 0.15) is 17.0 Å². The number of aromatic nitrogens is 2. The third-order valence-electron chi connectivity index (χ3n) is 10.2. The first-order valence-corrected chi connectivity index (χ1v) is 17.3. The van der Waals surface area contributed by atoms with E-state index in [-0.39, 0.29) is 0 Å². The quantitative estimate of drug-likeness (QED) is 0.175. The molecule has 50 heavy (non-hydrogen) atoms. The van der Waals surface area contributed by atoms with Gasteiger partial charge in [-0.25, -0.2) is 4.98 Å².